The zero-order valence-corrected chi connectivity index (χ0v) is 21.6. The Morgan fingerprint density at radius 1 is 0.872 bits per heavy atom. The number of anilines is 1. The van der Waals surface area contributed by atoms with E-state index in [1.54, 1.807) is 43.4 Å². The monoisotopic (exact) mass is 517 g/mol. The standard InChI is InChI=1S/C32H27N3O4/c1-38-22-16-14-21(15-17-22)33-28(36)19-35-31(24-10-3-4-11-25(24)32(35)37)29-26-12-5-6-13-27(26)34-30(29)20-8-7-9-23(18-20)39-2/h3-18,31,34H,19H2,1-2H3,(H,33,36)/t31-/m1/s1. The summed E-state index contributed by atoms with van der Waals surface area (Å²) in [5, 5.41) is 3.91. The highest BCUT2D eigenvalue weighted by Crippen LogP contribution is 2.45. The number of carbonyl (C=O) groups excluding carboxylic acids is 2. The molecule has 0 fully saturated rings. The van der Waals surface area contributed by atoms with Crippen molar-refractivity contribution in [2.75, 3.05) is 26.1 Å². The van der Waals surface area contributed by atoms with Crippen LogP contribution in [0.4, 0.5) is 5.69 Å². The number of amides is 2. The van der Waals surface area contributed by atoms with Crippen LogP contribution in [0.5, 0.6) is 11.5 Å². The van der Waals surface area contributed by atoms with Gasteiger partial charge in [-0.05, 0) is 54.1 Å². The molecule has 0 aliphatic carbocycles. The van der Waals surface area contributed by atoms with Gasteiger partial charge < -0.3 is 24.7 Å². The van der Waals surface area contributed by atoms with Gasteiger partial charge in [0.25, 0.3) is 5.91 Å². The number of aromatic amines is 1. The van der Waals surface area contributed by atoms with Crippen LogP contribution in [0.1, 0.15) is 27.5 Å². The summed E-state index contributed by atoms with van der Waals surface area (Å²) < 4.78 is 10.7. The van der Waals surface area contributed by atoms with Crippen molar-refractivity contribution in [3.05, 3.63) is 114 Å². The van der Waals surface area contributed by atoms with E-state index in [1.165, 1.54) is 0 Å². The summed E-state index contributed by atoms with van der Waals surface area (Å²) in [6.45, 7) is -0.110. The molecule has 0 saturated heterocycles. The van der Waals surface area contributed by atoms with Crippen LogP contribution >= 0.6 is 0 Å². The molecule has 7 heteroatoms. The van der Waals surface area contributed by atoms with Crippen LogP contribution in [0, 0.1) is 0 Å². The summed E-state index contributed by atoms with van der Waals surface area (Å²) in [5.74, 6) is 0.967. The van der Waals surface area contributed by atoms with Crippen molar-refractivity contribution in [2.24, 2.45) is 0 Å². The first-order valence-corrected chi connectivity index (χ1v) is 12.7. The molecule has 2 heterocycles. The van der Waals surface area contributed by atoms with E-state index in [2.05, 4.69) is 10.3 Å². The molecule has 7 nitrogen and oxygen atoms in total. The maximum atomic E-state index is 13.8. The lowest BCUT2D eigenvalue weighted by Crippen LogP contribution is -2.36. The number of aromatic nitrogens is 1. The van der Waals surface area contributed by atoms with Crippen LogP contribution in [0.3, 0.4) is 0 Å². The van der Waals surface area contributed by atoms with Gasteiger partial charge in [0.15, 0.2) is 0 Å². The average molecular weight is 518 g/mol. The van der Waals surface area contributed by atoms with Crippen LogP contribution in [0.15, 0.2) is 97.1 Å². The van der Waals surface area contributed by atoms with E-state index in [9.17, 15) is 9.59 Å². The zero-order chi connectivity index (χ0) is 26.9. The van der Waals surface area contributed by atoms with Crippen molar-refractivity contribution in [1.82, 2.24) is 9.88 Å². The van der Waals surface area contributed by atoms with E-state index in [0.29, 0.717) is 17.0 Å². The molecule has 4 aromatic carbocycles. The smallest absolute Gasteiger partial charge is 0.255 e. The second kappa shape index (κ2) is 10.0. The van der Waals surface area contributed by atoms with Crippen LogP contribution in [0.25, 0.3) is 22.2 Å². The molecule has 1 atom stereocenters. The van der Waals surface area contributed by atoms with Gasteiger partial charge in [-0.3, -0.25) is 9.59 Å². The third-order valence-electron chi connectivity index (χ3n) is 7.12. The van der Waals surface area contributed by atoms with Crippen molar-refractivity contribution in [3.63, 3.8) is 0 Å². The second-order valence-electron chi connectivity index (χ2n) is 9.39. The minimum Gasteiger partial charge on any atom is -0.497 e. The third-order valence-corrected chi connectivity index (χ3v) is 7.12. The number of H-pyrrole nitrogens is 1. The summed E-state index contributed by atoms with van der Waals surface area (Å²) in [7, 11) is 3.23. The maximum absolute atomic E-state index is 13.8. The summed E-state index contributed by atoms with van der Waals surface area (Å²) in [4.78, 5) is 32.3. The molecule has 39 heavy (non-hydrogen) atoms. The number of hydrogen-bond acceptors (Lipinski definition) is 4. The Morgan fingerprint density at radius 2 is 1.62 bits per heavy atom. The van der Waals surface area contributed by atoms with Crippen LogP contribution in [-0.4, -0.2) is 42.5 Å². The molecule has 1 aliphatic rings. The molecule has 0 saturated carbocycles. The summed E-state index contributed by atoms with van der Waals surface area (Å²) in [5.41, 5.74) is 5.80. The van der Waals surface area contributed by atoms with Crippen molar-refractivity contribution < 1.29 is 19.1 Å². The molecule has 1 aliphatic heterocycles. The van der Waals surface area contributed by atoms with Crippen molar-refractivity contribution in [3.8, 4) is 22.8 Å². The van der Waals surface area contributed by atoms with Crippen LogP contribution in [-0.2, 0) is 4.79 Å². The Bertz CT molecular complexity index is 1690. The van der Waals surface area contributed by atoms with E-state index < -0.39 is 6.04 Å². The number of methoxy groups -OCH3 is 2. The van der Waals surface area contributed by atoms with Gasteiger partial charge in [-0.2, -0.15) is 0 Å². The van der Waals surface area contributed by atoms with Gasteiger partial charge in [0.05, 0.1) is 26.0 Å². The fourth-order valence-electron chi connectivity index (χ4n) is 5.33. The molecule has 0 spiro atoms. The Morgan fingerprint density at radius 3 is 2.41 bits per heavy atom. The molecule has 6 rings (SSSR count). The van der Waals surface area contributed by atoms with Crippen molar-refractivity contribution in [2.45, 2.75) is 6.04 Å². The minimum absolute atomic E-state index is 0.110. The fourth-order valence-corrected chi connectivity index (χ4v) is 5.33. The predicted octanol–water partition coefficient (Wildman–Crippen LogP) is 6.04. The molecular weight excluding hydrogens is 490 g/mol. The molecule has 0 radical (unpaired) electrons. The normalized spacial score (nSPS) is 14.4. The zero-order valence-electron chi connectivity index (χ0n) is 21.6. The number of carbonyl (C=O) groups is 2. The SMILES string of the molecule is COc1ccc(NC(=O)CN2C(=O)c3ccccc3[C@@H]2c2c(-c3cccc(OC)c3)[nH]c3ccccc23)cc1. The van der Waals surface area contributed by atoms with Gasteiger partial charge in [-0.25, -0.2) is 0 Å². The lowest BCUT2D eigenvalue weighted by Gasteiger charge is -2.26. The Kier molecular flexibility index (Phi) is 6.25. The number of ether oxygens (including phenoxy) is 2. The van der Waals surface area contributed by atoms with Gasteiger partial charge in [-0.1, -0.05) is 48.5 Å². The van der Waals surface area contributed by atoms with Crippen LogP contribution in [0.2, 0.25) is 0 Å². The number of hydrogen-bond donors (Lipinski definition) is 2. The van der Waals surface area contributed by atoms with Gasteiger partial charge in [0.1, 0.15) is 18.0 Å². The predicted molar refractivity (Wildman–Crippen MR) is 151 cm³/mol. The molecule has 0 bridgehead atoms. The van der Waals surface area contributed by atoms with E-state index in [-0.39, 0.29) is 18.4 Å². The van der Waals surface area contributed by atoms with E-state index in [1.807, 2.05) is 72.8 Å². The first-order chi connectivity index (χ1) is 19.1. The Labute approximate surface area is 226 Å². The Hall–Kier alpha value is -5.04. The molecule has 0 unspecified atom stereocenters. The Balaban J connectivity index is 1.45. The lowest BCUT2D eigenvalue weighted by atomic mass is 9.93. The fraction of sp³-hybridized carbons (Fsp3) is 0.125. The lowest BCUT2D eigenvalue weighted by molar-refractivity contribution is -0.117. The van der Waals surface area contributed by atoms with Crippen molar-refractivity contribution in [1.29, 1.82) is 0 Å². The largest absolute Gasteiger partial charge is 0.497 e. The molecule has 1 aromatic heterocycles. The minimum atomic E-state index is -0.465. The first kappa shape index (κ1) is 24.3. The quantitative estimate of drug-likeness (QED) is 0.276. The van der Waals surface area contributed by atoms with E-state index >= 15 is 0 Å². The average Bonchev–Trinajstić information content (AvgIpc) is 3.48. The molecule has 194 valence electrons. The molecule has 2 N–H and O–H groups in total. The number of benzene rings is 4. The molecular formula is C32H27N3O4. The summed E-state index contributed by atoms with van der Waals surface area (Å²) in [6.07, 6.45) is 0. The number of rotatable bonds is 7. The summed E-state index contributed by atoms with van der Waals surface area (Å²) in [6, 6.07) is 30.1. The third kappa shape index (κ3) is 4.38. The highest BCUT2D eigenvalue weighted by molar-refractivity contribution is 6.05. The van der Waals surface area contributed by atoms with Crippen LogP contribution < -0.4 is 14.8 Å². The second-order valence-corrected chi connectivity index (χ2v) is 9.39. The highest BCUT2D eigenvalue weighted by Gasteiger charge is 2.41. The topological polar surface area (TPSA) is 83.7 Å². The number of para-hydroxylation sites is 1. The highest BCUT2D eigenvalue weighted by atomic mass is 16.5. The first-order valence-electron chi connectivity index (χ1n) is 12.7. The van der Waals surface area contributed by atoms with Gasteiger partial charge in [-0.15, -0.1) is 0 Å². The van der Waals surface area contributed by atoms with E-state index in [0.717, 1.165) is 39.0 Å². The van der Waals surface area contributed by atoms with Gasteiger partial charge >= 0.3 is 0 Å². The van der Waals surface area contributed by atoms with Gasteiger partial charge in [0, 0.05) is 33.3 Å². The molecule has 5 aromatic rings. The van der Waals surface area contributed by atoms with Gasteiger partial charge in [0.2, 0.25) is 5.91 Å². The number of nitrogens with zero attached hydrogens (tertiary/aromatic N) is 1. The summed E-state index contributed by atoms with van der Waals surface area (Å²) >= 11 is 0. The van der Waals surface area contributed by atoms with Crippen molar-refractivity contribution >= 4 is 28.4 Å². The number of fused-ring (bicyclic) bond motifs is 2. The number of nitrogens with one attached hydrogen (secondary N) is 2. The maximum Gasteiger partial charge on any atom is 0.255 e. The molecule has 2 amide bonds. The van der Waals surface area contributed by atoms with E-state index in [4.69, 9.17) is 9.47 Å².